The number of aromatic nitrogens is 1. The molecule has 0 bridgehead atoms. The Kier molecular flexibility index (Phi) is 4.69. The van der Waals surface area contributed by atoms with Crippen LogP contribution in [0.5, 0.6) is 0 Å². The lowest BCUT2D eigenvalue weighted by Crippen LogP contribution is -2.51. The quantitative estimate of drug-likeness (QED) is 0.832. The van der Waals surface area contributed by atoms with E-state index in [-0.39, 0.29) is 16.5 Å². The first-order chi connectivity index (χ1) is 11.8. The summed E-state index contributed by atoms with van der Waals surface area (Å²) >= 11 is 0. The second-order valence-corrected chi connectivity index (χ2v) is 6.48. The maximum atomic E-state index is 13.7. The van der Waals surface area contributed by atoms with Gasteiger partial charge in [0.05, 0.1) is 16.6 Å². The zero-order valence-corrected chi connectivity index (χ0v) is 14.2. The Labute approximate surface area is 144 Å². The number of hydrogen-bond acceptors (Lipinski definition) is 3. The molecule has 0 radical (unpaired) electrons. The number of rotatable bonds is 2. The number of amides is 1. The van der Waals surface area contributed by atoms with Gasteiger partial charge in [0.25, 0.3) is 5.91 Å². The molecule has 1 aliphatic rings. The molecule has 0 saturated carbocycles. The molecule has 1 aromatic heterocycles. The van der Waals surface area contributed by atoms with Gasteiger partial charge in [-0.2, -0.15) is 13.2 Å². The first-order valence-electron chi connectivity index (χ1n) is 8.27. The number of carbonyl (C=O) groups excluding carboxylic acids is 1. The zero-order valence-electron chi connectivity index (χ0n) is 14.2. The fourth-order valence-electron chi connectivity index (χ4n) is 3.22. The van der Waals surface area contributed by atoms with E-state index in [0.29, 0.717) is 32.2 Å². The van der Waals surface area contributed by atoms with Gasteiger partial charge in [0, 0.05) is 43.8 Å². The third-order valence-electron chi connectivity index (χ3n) is 4.62. The first-order valence-corrected chi connectivity index (χ1v) is 8.27. The summed E-state index contributed by atoms with van der Waals surface area (Å²) in [6.07, 6.45) is -3.56. The third kappa shape index (κ3) is 3.46. The lowest BCUT2D eigenvalue weighted by molar-refractivity contribution is -0.136. The van der Waals surface area contributed by atoms with Crippen molar-refractivity contribution in [3.8, 4) is 0 Å². The molecule has 1 aliphatic heterocycles. The fraction of sp³-hybridized carbons (Fsp3) is 0.444. The monoisotopic (exact) mass is 351 g/mol. The Balaban J connectivity index is 1.97. The maximum Gasteiger partial charge on any atom is 0.417 e. The van der Waals surface area contributed by atoms with Crippen LogP contribution in [0.2, 0.25) is 0 Å². The zero-order chi connectivity index (χ0) is 18.2. The highest BCUT2D eigenvalue weighted by molar-refractivity contribution is 6.00. The number of carbonyl (C=O) groups is 1. The van der Waals surface area contributed by atoms with Crippen molar-refractivity contribution in [2.45, 2.75) is 26.1 Å². The van der Waals surface area contributed by atoms with Gasteiger partial charge in [-0.15, -0.1) is 0 Å². The normalized spacial score (nSPS) is 16.6. The average molecular weight is 351 g/mol. The van der Waals surface area contributed by atoms with Gasteiger partial charge in [-0.1, -0.05) is 18.2 Å². The van der Waals surface area contributed by atoms with Crippen molar-refractivity contribution in [3.63, 3.8) is 0 Å². The van der Waals surface area contributed by atoms with Gasteiger partial charge in [0.1, 0.15) is 0 Å². The Morgan fingerprint density at radius 2 is 1.76 bits per heavy atom. The number of fused-ring (bicyclic) bond motifs is 1. The van der Waals surface area contributed by atoms with Crippen molar-refractivity contribution in [3.05, 3.63) is 41.6 Å². The van der Waals surface area contributed by atoms with Gasteiger partial charge in [-0.3, -0.25) is 14.7 Å². The Morgan fingerprint density at radius 1 is 1.12 bits per heavy atom. The van der Waals surface area contributed by atoms with Crippen molar-refractivity contribution in [2.75, 3.05) is 26.2 Å². The summed E-state index contributed by atoms with van der Waals surface area (Å²) in [6.45, 7) is 6.28. The van der Waals surface area contributed by atoms with Crippen LogP contribution in [0.1, 0.15) is 29.8 Å². The van der Waals surface area contributed by atoms with Gasteiger partial charge in [-0.05, 0) is 19.9 Å². The standard InChI is InChI=1S/C18H20F3N3O/c1-12(2)23-7-9-24(10-8-23)17(25)14-11-22-15-6-4-3-5-13(15)16(14)18(19,20)21/h3-6,11-12H,7-10H2,1-2H3. The Bertz CT molecular complexity index is 781. The largest absolute Gasteiger partial charge is 0.417 e. The third-order valence-corrected chi connectivity index (χ3v) is 4.62. The molecule has 1 aromatic carbocycles. The molecule has 134 valence electrons. The number of piperazine rings is 1. The molecular weight excluding hydrogens is 331 g/mol. The second kappa shape index (κ2) is 6.63. The van der Waals surface area contributed by atoms with Crippen LogP contribution in [0.3, 0.4) is 0 Å². The van der Waals surface area contributed by atoms with E-state index in [2.05, 4.69) is 23.7 Å². The molecule has 1 amide bonds. The van der Waals surface area contributed by atoms with E-state index in [1.807, 2.05) is 0 Å². The molecule has 0 unspecified atom stereocenters. The van der Waals surface area contributed by atoms with Crippen LogP contribution in [0.25, 0.3) is 10.9 Å². The van der Waals surface area contributed by atoms with Crippen molar-refractivity contribution < 1.29 is 18.0 Å². The molecule has 25 heavy (non-hydrogen) atoms. The molecule has 1 saturated heterocycles. The van der Waals surface area contributed by atoms with Crippen LogP contribution in [0, 0.1) is 0 Å². The molecular formula is C18H20F3N3O. The lowest BCUT2D eigenvalue weighted by Gasteiger charge is -2.37. The highest BCUT2D eigenvalue weighted by Crippen LogP contribution is 2.37. The number of alkyl halides is 3. The summed E-state index contributed by atoms with van der Waals surface area (Å²) in [5.74, 6) is -0.603. The highest BCUT2D eigenvalue weighted by Gasteiger charge is 2.39. The Morgan fingerprint density at radius 3 is 2.36 bits per heavy atom. The number of benzene rings is 1. The minimum atomic E-state index is -4.62. The lowest BCUT2D eigenvalue weighted by atomic mass is 10.0. The summed E-state index contributed by atoms with van der Waals surface area (Å²) in [4.78, 5) is 20.5. The summed E-state index contributed by atoms with van der Waals surface area (Å²) < 4.78 is 41.0. The molecule has 3 rings (SSSR count). The summed E-state index contributed by atoms with van der Waals surface area (Å²) in [6, 6.07) is 6.38. The Hall–Kier alpha value is -2.15. The molecule has 0 N–H and O–H groups in total. The van der Waals surface area contributed by atoms with Gasteiger partial charge in [-0.25, -0.2) is 0 Å². The highest BCUT2D eigenvalue weighted by atomic mass is 19.4. The van der Waals surface area contributed by atoms with Crippen LogP contribution < -0.4 is 0 Å². The summed E-state index contributed by atoms with van der Waals surface area (Å²) in [5, 5.41) is -0.0401. The molecule has 0 aliphatic carbocycles. The van der Waals surface area contributed by atoms with Crippen LogP contribution in [0.4, 0.5) is 13.2 Å². The van der Waals surface area contributed by atoms with E-state index in [4.69, 9.17) is 0 Å². The number of halogens is 3. The number of nitrogens with zero attached hydrogens (tertiary/aromatic N) is 3. The number of pyridine rings is 1. The van der Waals surface area contributed by atoms with E-state index in [0.717, 1.165) is 6.20 Å². The summed E-state index contributed by atoms with van der Waals surface area (Å²) in [5.41, 5.74) is -1.03. The topological polar surface area (TPSA) is 36.4 Å². The second-order valence-electron chi connectivity index (χ2n) is 6.48. The molecule has 1 fully saturated rings. The molecule has 7 heteroatoms. The average Bonchev–Trinajstić information content (AvgIpc) is 2.59. The minimum Gasteiger partial charge on any atom is -0.336 e. The molecule has 2 aromatic rings. The van der Waals surface area contributed by atoms with E-state index >= 15 is 0 Å². The number of para-hydroxylation sites is 1. The van der Waals surface area contributed by atoms with E-state index in [9.17, 15) is 18.0 Å². The van der Waals surface area contributed by atoms with Crippen LogP contribution in [0.15, 0.2) is 30.5 Å². The maximum absolute atomic E-state index is 13.7. The fourth-order valence-corrected chi connectivity index (χ4v) is 3.22. The van der Waals surface area contributed by atoms with Gasteiger partial charge < -0.3 is 4.90 Å². The predicted octanol–water partition coefficient (Wildman–Crippen LogP) is 3.42. The molecule has 4 nitrogen and oxygen atoms in total. The summed E-state index contributed by atoms with van der Waals surface area (Å²) in [7, 11) is 0. The minimum absolute atomic E-state index is 0.0401. The van der Waals surface area contributed by atoms with Gasteiger partial charge >= 0.3 is 6.18 Å². The SMILES string of the molecule is CC(C)N1CCN(C(=O)c2cnc3ccccc3c2C(F)(F)F)CC1. The van der Waals surface area contributed by atoms with E-state index < -0.39 is 17.6 Å². The van der Waals surface area contributed by atoms with E-state index in [1.54, 1.807) is 6.07 Å². The predicted molar refractivity (Wildman–Crippen MR) is 89.4 cm³/mol. The van der Waals surface area contributed by atoms with Crippen LogP contribution >= 0.6 is 0 Å². The van der Waals surface area contributed by atoms with Crippen molar-refractivity contribution in [1.82, 2.24) is 14.8 Å². The molecule has 2 heterocycles. The van der Waals surface area contributed by atoms with Crippen molar-refractivity contribution in [2.24, 2.45) is 0 Å². The van der Waals surface area contributed by atoms with Gasteiger partial charge in [0.2, 0.25) is 0 Å². The van der Waals surface area contributed by atoms with Gasteiger partial charge in [0.15, 0.2) is 0 Å². The smallest absolute Gasteiger partial charge is 0.336 e. The first kappa shape index (κ1) is 17.7. The van der Waals surface area contributed by atoms with Crippen LogP contribution in [-0.4, -0.2) is 52.9 Å². The number of hydrogen-bond donors (Lipinski definition) is 0. The van der Waals surface area contributed by atoms with Crippen molar-refractivity contribution >= 4 is 16.8 Å². The van der Waals surface area contributed by atoms with Crippen LogP contribution in [-0.2, 0) is 6.18 Å². The van der Waals surface area contributed by atoms with Crippen molar-refractivity contribution in [1.29, 1.82) is 0 Å². The van der Waals surface area contributed by atoms with E-state index in [1.165, 1.54) is 23.1 Å². The molecule has 0 spiro atoms. The molecule has 0 atom stereocenters.